The van der Waals surface area contributed by atoms with E-state index in [0.717, 1.165) is 0 Å². The molecule has 0 aliphatic carbocycles. The maximum atomic E-state index is 13.1. The molecule has 84 valence electrons. The summed E-state index contributed by atoms with van der Waals surface area (Å²) in [6, 6.07) is 2.81. The SMILES string of the molecule is CC(CO)N(C)c1cc(Br)c(F)cc1N. The van der Waals surface area contributed by atoms with Gasteiger partial charge in [0.05, 0.1) is 22.5 Å². The molecule has 1 atom stereocenters. The fourth-order valence-electron chi connectivity index (χ4n) is 1.22. The van der Waals surface area contributed by atoms with Crippen LogP contribution in [0.15, 0.2) is 16.6 Å². The van der Waals surface area contributed by atoms with Crippen molar-refractivity contribution < 1.29 is 9.50 Å². The van der Waals surface area contributed by atoms with Crippen molar-refractivity contribution in [1.29, 1.82) is 0 Å². The second-order valence-corrected chi connectivity index (χ2v) is 4.32. The number of likely N-dealkylation sites (N-methyl/N-ethyl adjacent to an activating group) is 1. The van der Waals surface area contributed by atoms with Crippen LogP contribution in [0.3, 0.4) is 0 Å². The first-order chi connectivity index (χ1) is 6.97. The number of benzene rings is 1. The van der Waals surface area contributed by atoms with E-state index in [1.54, 1.807) is 18.0 Å². The van der Waals surface area contributed by atoms with Crippen molar-refractivity contribution in [3.05, 3.63) is 22.4 Å². The van der Waals surface area contributed by atoms with E-state index in [4.69, 9.17) is 10.8 Å². The van der Waals surface area contributed by atoms with Crippen LogP contribution >= 0.6 is 15.9 Å². The number of hydrogen-bond donors (Lipinski definition) is 2. The van der Waals surface area contributed by atoms with Crippen LogP contribution in [-0.4, -0.2) is 24.8 Å². The van der Waals surface area contributed by atoms with Gasteiger partial charge < -0.3 is 15.7 Å². The number of nitrogens with zero attached hydrogens (tertiary/aromatic N) is 1. The maximum Gasteiger partial charge on any atom is 0.139 e. The van der Waals surface area contributed by atoms with Gasteiger partial charge in [0.25, 0.3) is 0 Å². The van der Waals surface area contributed by atoms with Crippen molar-refractivity contribution in [2.75, 3.05) is 24.3 Å². The molecule has 0 aliphatic rings. The first-order valence-corrected chi connectivity index (χ1v) is 5.35. The molecule has 0 aromatic heterocycles. The quantitative estimate of drug-likeness (QED) is 0.831. The predicted molar refractivity (Wildman–Crippen MR) is 63.5 cm³/mol. The van der Waals surface area contributed by atoms with Gasteiger partial charge in [-0.1, -0.05) is 0 Å². The van der Waals surface area contributed by atoms with E-state index in [9.17, 15) is 4.39 Å². The Bertz CT molecular complexity index is 360. The van der Waals surface area contributed by atoms with Crippen LogP contribution in [0.1, 0.15) is 6.92 Å². The first-order valence-electron chi connectivity index (χ1n) is 4.55. The van der Waals surface area contributed by atoms with Crippen LogP contribution in [0.25, 0.3) is 0 Å². The van der Waals surface area contributed by atoms with Crippen LogP contribution in [0, 0.1) is 5.82 Å². The number of nitrogens with two attached hydrogens (primary N) is 1. The molecule has 0 saturated carbocycles. The second kappa shape index (κ2) is 4.81. The smallest absolute Gasteiger partial charge is 0.139 e. The molecule has 0 fully saturated rings. The highest BCUT2D eigenvalue weighted by molar-refractivity contribution is 9.10. The van der Waals surface area contributed by atoms with Crippen LogP contribution in [0.5, 0.6) is 0 Å². The third-order valence-corrected chi connectivity index (χ3v) is 2.98. The molecule has 0 radical (unpaired) electrons. The average molecular weight is 277 g/mol. The summed E-state index contributed by atoms with van der Waals surface area (Å²) in [7, 11) is 1.80. The maximum absolute atomic E-state index is 13.1. The third-order valence-electron chi connectivity index (χ3n) is 2.37. The molecule has 15 heavy (non-hydrogen) atoms. The van der Waals surface area contributed by atoms with Crippen molar-refractivity contribution in [1.82, 2.24) is 0 Å². The molecule has 3 N–H and O–H groups in total. The number of halogens is 2. The van der Waals surface area contributed by atoms with Crippen molar-refractivity contribution in [3.63, 3.8) is 0 Å². The zero-order valence-electron chi connectivity index (χ0n) is 8.67. The highest BCUT2D eigenvalue weighted by atomic mass is 79.9. The van der Waals surface area contributed by atoms with Gasteiger partial charge in [-0.15, -0.1) is 0 Å². The lowest BCUT2D eigenvalue weighted by Gasteiger charge is -2.26. The topological polar surface area (TPSA) is 49.5 Å². The summed E-state index contributed by atoms with van der Waals surface area (Å²) in [4.78, 5) is 1.81. The summed E-state index contributed by atoms with van der Waals surface area (Å²) in [6.45, 7) is 1.88. The number of nitrogen functional groups attached to an aromatic ring is 1. The molecule has 5 heteroatoms. The summed E-state index contributed by atoms with van der Waals surface area (Å²) < 4.78 is 13.5. The first kappa shape index (κ1) is 12.3. The number of rotatable bonds is 3. The fraction of sp³-hybridized carbons (Fsp3) is 0.400. The highest BCUT2D eigenvalue weighted by Crippen LogP contribution is 2.29. The van der Waals surface area contributed by atoms with Gasteiger partial charge in [0.2, 0.25) is 0 Å². The van der Waals surface area contributed by atoms with Gasteiger partial charge in [-0.3, -0.25) is 0 Å². The third kappa shape index (κ3) is 2.60. The van der Waals surface area contributed by atoms with Crippen molar-refractivity contribution >= 4 is 27.3 Å². The normalized spacial score (nSPS) is 12.6. The van der Waals surface area contributed by atoms with Gasteiger partial charge in [0, 0.05) is 19.2 Å². The lowest BCUT2D eigenvalue weighted by atomic mass is 10.2. The van der Waals surface area contributed by atoms with Gasteiger partial charge >= 0.3 is 0 Å². The van der Waals surface area contributed by atoms with Crippen molar-refractivity contribution in [2.24, 2.45) is 0 Å². The fourth-order valence-corrected chi connectivity index (χ4v) is 1.55. The molecule has 3 nitrogen and oxygen atoms in total. The van der Waals surface area contributed by atoms with E-state index < -0.39 is 0 Å². The summed E-state index contributed by atoms with van der Waals surface area (Å²) in [5.41, 5.74) is 6.76. The lowest BCUT2D eigenvalue weighted by Crippen LogP contribution is -2.32. The van der Waals surface area contributed by atoms with E-state index in [1.165, 1.54) is 6.07 Å². The molecule has 1 rings (SSSR count). The Morgan fingerprint density at radius 3 is 2.73 bits per heavy atom. The van der Waals surface area contributed by atoms with E-state index in [0.29, 0.717) is 15.8 Å². The van der Waals surface area contributed by atoms with Crippen LogP contribution in [-0.2, 0) is 0 Å². The Labute approximate surface area is 96.8 Å². The summed E-state index contributed by atoms with van der Waals surface area (Å²) in [5.74, 6) is -0.388. The Morgan fingerprint density at radius 2 is 2.20 bits per heavy atom. The minimum Gasteiger partial charge on any atom is -0.397 e. The zero-order chi connectivity index (χ0) is 11.6. The molecule has 0 saturated heterocycles. The Kier molecular flexibility index (Phi) is 3.93. The molecule has 0 amide bonds. The predicted octanol–water partition coefficient (Wildman–Crippen LogP) is 1.99. The minimum absolute atomic E-state index is 0.0188. The van der Waals surface area contributed by atoms with Crippen molar-refractivity contribution in [2.45, 2.75) is 13.0 Å². The van der Waals surface area contributed by atoms with Crippen LogP contribution in [0.2, 0.25) is 0 Å². The minimum atomic E-state index is -0.388. The molecule has 0 spiro atoms. The molecular formula is C10H14BrFN2O. The number of anilines is 2. The standard InChI is InChI=1S/C10H14BrFN2O/c1-6(5-15)14(2)10-3-7(11)8(12)4-9(10)13/h3-4,6,15H,5,13H2,1-2H3. The van der Waals surface area contributed by atoms with Gasteiger partial charge in [0.1, 0.15) is 5.82 Å². The van der Waals surface area contributed by atoms with Crippen molar-refractivity contribution in [3.8, 4) is 0 Å². The molecule has 0 aliphatic heterocycles. The van der Waals surface area contributed by atoms with Crippen LogP contribution < -0.4 is 10.6 Å². The molecule has 1 aromatic rings. The van der Waals surface area contributed by atoms with Crippen LogP contribution in [0.4, 0.5) is 15.8 Å². The Balaban J connectivity index is 3.09. The summed E-state index contributed by atoms with van der Waals surface area (Å²) in [6.07, 6.45) is 0. The molecule has 0 bridgehead atoms. The number of aliphatic hydroxyl groups excluding tert-OH is 1. The monoisotopic (exact) mass is 276 g/mol. The largest absolute Gasteiger partial charge is 0.397 e. The molecule has 1 aromatic carbocycles. The summed E-state index contributed by atoms with van der Waals surface area (Å²) in [5, 5.41) is 9.01. The summed E-state index contributed by atoms with van der Waals surface area (Å²) >= 11 is 3.10. The molecule has 0 heterocycles. The van der Waals surface area contributed by atoms with Gasteiger partial charge in [0.15, 0.2) is 0 Å². The molecular weight excluding hydrogens is 263 g/mol. The Hall–Kier alpha value is -0.810. The van der Waals surface area contributed by atoms with Gasteiger partial charge in [-0.25, -0.2) is 4.39 Å². The lowest BCUT2D eigenvalue weighted by molar-refractivity contribution is 0.270. The van der Waals surface area contributed by atoms with E-state index in [1.807, 2.05) is 6.92 Å². The highest BCUT2D eigenvalue weighted by Gasteiger charge is 2.14. The average Bonchev–Trinajstić information content (AvgIpc) is 2.21. The molecule has 1 unspecified atom stereocenters. The van der Waals surface area contributed by atoms with E-state index in [-0.39, 0.29) is 18.5 Å². The number of hydrogen-bond acceptors (Lipinski definition) is 3. The van der Waals surface area contributed by atoms with E-state index in [2.05, 4.69) is 15.9 Å². The second-order valence-electron chi connectivity index (χ2n) is 3.47. The Morgan fingerprint density at radius 1 is 1.60 bits per heavy atom. The zero-order valence-corrected chi connectivity index (χ0v) is 10.3. The van der Waals surface area contributed by atoms with E-state index >= 15 is 0 Å². The van der Waals surface area contributed by atoms with Gasteiger partial charge in [-0.2, -0.15) is 0 Å². The number of aliphatic hydroxyl groups is 1. The van der Waals surface area contributed by atoms with Gasteiger partial charge in [-0.05, 0) is 28.9 Å².